The SMILES string of the molecule is CC(C)CC1NC(C(C)C)N(CC(C(C)C)C(C)C)C1=O. The van der Waals surface area contributed by atoms with Gasteiger partial charge in [-0.2, -0.15) is 0 Å². The quantitative estimate of drug-likeness (QED) is 0.776. The second-order valence-electron chi connectivity index (χ2n) is 8.18. The third-order valence-corrected chi connectivity index (χ3v) is 4.75. The lowest BCUT2D eigenvalue weighted by Gasteiger charge is -2.34. The summed E-state index contributed by atoms with van der Waals surface area (Å²) in [4.78, 5) is 14.9. The molecule has 2 unspecified atom stereocenters. The van der Waals surface area contributed by atoms with Crippen LogP contribution >= 0.6 is 0 Å². The Bertz CT molecular complexity index is 328. The molecule has 0 aromatic rings. The Kier molecular flexibility index (Phi) is 6.71. The summed E-state index contributed by atoms with van der Waals surface area (Å²) in [6.45, 7) is 18.8. The summed E-state index contributed by atoms with van der Waals surface area (Å²) < 4.78 is 0. The van der Waals surface area contributed by atoms with Crippen molar-refractivity contribution >= 4 is 5.91 Å². The summed E-state index contributed by atoms with van der Waals surface area (Å²) in [5.41, 5.74) is 0. The monoisotopic (exact) mass is 296 g/mol. The minimum atomic E-state index is 0.0115. The zero-order valence-corrected chi connectivity index (χ0v) is 15.3. The van der Waals surface area contributed by atoms with Gasteiger partial charge in [0.05, 0.1) is 12.2 Å². The van der Waals surface area contributed by atoms with Crippen molar-refractivity contribution in [3.63, 3.8) is 0 Å². The molecule has 0 aromatic heterocycles. The van der Waals surface area contributed by atoms with Crippen molar-refractivity contribution < 1.29 is 4.79 Å². The lowest BCUT2D eigenvalue weighted by molar-refractivity contribution is -0.131. The largest absolute Gasteiger partial charge is 0.325 e. The van der Waals surface area contributed by atoms with Crippen molar-refractivity contribution in [2.24, 2.45) is 29.6 Å². The van der Waals surface area contributed by atoms with Crippen molar-refractivity contribution in [2.45, 2.75) is 74.0 Å². The van der Waals surface area contributed by atoms with E-state index in [2.05, 4.69) is 65.6 Å². The molecule has 0 aliphatic carbocycles. The zero-order valence-electron chi connectivity index (χ0n) is 15.3. The number of hydrogen-bond donors (Lipinski definition) is 1. The molecule has 1 amide bonds. The van der Waals surface area contributed by atoms with E-state index in [1.54, 1.807) is 0 Å². The lowest BCUT2D eigenvalue weighted by atomic mass is 9.85. The van der Waals surface area contributed by atoms with Crippen molar-refractivity contribution in [1.29, 1.82) is 0 Å². The molecule has 1 rings (SSSR count). The Morgan fingerprint density at radius 3 is 1.90 bits per heavy atom. The highest BCUT2D eigenvalue weighted by Crippen LogP contribution is 2.27. The van der Waals surface area contributed by atoms with Crippen molar-refractivity contribution in [1.82, 2.24) is 10.2 Å². The number of nitrogens with zero attached hydrogens (tertiary/aromatic N) is 1. The van der Waals surface area contributed by atoms with E-state index in [1.807, 2.05) is 0 Å². The summed E-state index contributed by atoms with van der Waals surface area (Å²) in [6.07, 6.45) is 1.13. The van der Waals surface area contributed by atoms with Crippen LogP contribution in [0.3, 0.4) is 0 Å². The minimum absolute atomic E-state index is 0.0115. The maximum absolute atomic E-state index is 12.8. The van der Waals surface area contributed by atoms with Crippen LogP contribution in [-0.2, 0) is 4.79 Å². The van der Waals surface area contributed by atoms with E-state index >= 15 is 0 Å². The number of hydrogen-bond acceptors (Lipinski definition) is 2. The molecule has 0 aromatic carbocycles. The van der Waals surface area contributed by atoms with E-state index in [1.165, 1.54) is 0 Å². The van der Waals surface area contributed by atoms with Crippen molar-refractivity contribution in [3.05, 3.63) is 0 Å². The van der Waals surface area contributed by atoms with Crippen LogP contribution in [0.5, 0.6) is 0 Å². The van der Waals surface area contributed by atoms with Crippen molar-refractivity contribution in [3.8, 4) is 0 Å². The number of rotatable bonds is 7. The Morgan fingerprint density at radius 2 is 1.52 bits per heavy atom. The van der Waals surface area contributed by atoms with E-state index in [-0.39, 0.29) is 12.2 Å². The highest BCUT2D eigenvalue weighted by Gasteiger charge is 2.41. The van der Waals surface area contributed by atoms with Crippen LogP contribution in [0.15, 0.2) is 0 Å². The fraction of sp³-hybridized carbons (Fsp3) is 0.944. The first-order valence-electron chi connectivity index (χ1n) is 8.71. The Balaban J connectivity index is 2.87. The van der Waals surface area contributed by atoms with Crippen LogP contribution in [0.2, 0.25) is 0 Å². The molecule has 21 heavy (non-hydrogen) atoms. The van der Waals surface area contributed by atoms with E-state index in [0.29, 0.717) is 35.5 Å². The van der Waals surface area contributed by atoms with Gasteiger partial charge in [-0.25, -0.2) is 0 Å². The number of carbonyl (C=O) groups excluding carboxylic acids is 1. The van der Waals surface area contributed by atoms with Crippen LogP contribution in [0.1, 0.15) is 61.8 Å². The van der Waals surface area contributed by atoms with Gasteiger partial charge in [-0.1, -0.05) is 55.4 Å². The van der Waals surface area contributed by atoms with Gasteiger partial charge in [0.15, 0.2) is 0 Å². The average molecular weight is 296 g/mol. The molecule has 3 heteroatoms. The lowest BCUT2D eigenvalue weighted by Crippen LogP contribution is -2.45. The predicted molar refractivity (Wildman–Crippen MR) is 89.9 cm³/mol. The Morgan fingerprint density at radius 1 is 1.00 bits per heavy atom. The molecule has 0 saturated carbocycles. The Hall–Kier alpha value is -0.570. The fourth-order valence-corrected chi connectivity index (χ4v) is 3.52. The standard InChI is InChI=1S/C18H36N2O/c1-11(2)9-16-18(21)20(17(19-16)14(7)8)10-15(12(3)4)13(5)6/h11-17,19H,9-10H2,1-8H3. The van der Waals surface area contributed by atoms with E-state index in [9.17, 15) is 4.79 Å². The first-order chi connectivity index (χ1) is 9.65. The molecular formula is C18H36N2O. The molecule has 1 fully saturated rings. The number of nitrogens with one attached hydrogen (secondary N) is 1. The summed E-state index contributed by atoms with van der Waals surface area (Å²) in [6, 6.07) is 0.0115. The molecular weight excluding hydrogens is 260 g/mol. The molecule has 124 valence electrons. The summed E-state index contributed by atoms with van der Waals surface area (Å²) in [5.74, 6) is 3.09. The van der Waals surface area contributed by atoms with E-state index in [4.69, 9.17) is 0 Å². The highest BCUT2D eigenvalue weighted by molar-refractivity contribution is 5.84. The van der Waals surface area contributed by atoms with Gasteiger partial charge in [0.1, 0.15) is 0 Å². The van der Waals surface area contributed by atoms with Crippen LogP contribution in [0.25, 0.3) is 0 Å². The first-order valence-corrected chi connectivity index (χ1v) is 8.71. The van der Waals surface area contributed by atoms with Crippen molar-refractivity contribution in [2.75, 3.05) is 6.54 Å². The van der Waals surface area contributed by atoms with E-state index < -0.39 is 0 Å². The molecule has 0 radical (unpaired) electrons. The zero-order chi connectivity index (χ0) is 16.3. The molecule has 1 saturated heterocycles. The van der Waals surface area contributed by atoms with Gasteiger partial charge < -0.3 is 4.90 Å². The summed E-state index contributed by atoms with van der Waals surface area (Å²) >= 11 is 0. The minimum Gasteiger partial charge on any atom is -0.325 e. The maximum atomic E-state index is 12.8. The molecule has 1 aliphatic rings. The topological polar surface area (TPSA) is 32.3 Å². The van der Waals surface area contributed by atoms with Crippen LogP contribution < -0.4 is 5.32 Å². The van der Waals surface area contributed by atoms with Crippen LogP contribution in [-0.4, -0.2) is 29.6 Å². The van der Waals surface area contributed by atoms with Gasteiger partial charge in [-0.3, -0.25) is 10.1 Å². The van der Waals surface area contributed by atoms with Gasteiger partial charge in [-0.05, 0) is 36.0 Å². The third kappa shape index (κ3) is 4.70. The second kappa shape index (κ2) is 7.62. The van der Waals surface area contributed by atoms with Gasteiger partial charge in [0.25, 0.3) is 0 Å². The summed E-state index contributed by atoms with van der Waals surface area (Å²) in [5, 5.41) is 3.58. The average Bonchev–Trinajstić information content (AvgIpc) is 2.62. The smallest absolute Gasteiger partial charge is 0.241 e. The molecule has 0 spiro atoms. The first kappa shape index (κ1) is 18.5. The highest BCUT2D eigenvalue weighted by atomic mass is 16.2. The maximum Gasteiger partial charge on any atom is 0.241 e. The van der Waals surface area contributed by atoms with Crippen LogP contribution in [0.4, 0.5) is 0 Å². The second-order valence-corrected chi connectivity index (χ2v) is 8.18. The summed E-state index contributed by atoms with van der Waals surface area (Å²) in [7, 11) is 0. The molecule has 0 bridgehead atoms. The molecule has 1 aliphatic heterocycles. The van der Waals surface area contributed by atoms with Gasteiger partial charge in [0.2, 0.25) is 5.91 Å². The molecule has 1 N–H and O–H groups in total. The van der Waals surface area contributed by atoms with Gasteiger partial charge in [0, 0.05) is 6.54 Å². The Labute approximate surface area is 131 Å². The third-order valence-electron chi connectivity index (χ3n) is 4.75. The normalized spacial score (nSPS) is 23.7. The van der Waals surface area contributed by atoms with Gasteiger partial charge >= 0.3 is 0 Å². The molecule has 3 nitrogen and oxygen atoms in total. The van der Waals surface area contributed by atoms with Gasteiger partial charge in [-0.15, -0.1) is 0 Å². The molecule has 1 heterocycles. The van der Waals surface area contributed by atoms with E-state index in [0.717, 1.165) is 13.0 Å². The number of carbonyl (C=O) groups is 1. The number of amides is 1. The van der Waals surface area contributed by atoms with Crippen LogP contribution in [0, 0.1) is 29.6 Å². The predicted octanol–water partition coefficient (Wildman–Crippen LogP) is 3.74. The molecule has 2 atom stereocenters. The fourth-order valence-electron chi connectivity index (χ4n) is 3.52.